The number of carboxylic acid groups (broad SMARTS) is 1. The molecule has 98 valence electrons. The van der Waals surface area contributed by atoms with Crippen molar-refractivity contribution in [3.05, 3.63) is 23.3 Å². The molecule has 4 nitrogen and oxygen atoms in total. The van der Waals surface area contributed by atoms with Crippen molar-refractivity contribution in [2.75, 3.05) is 14.2 Å². The highest BCUT2D eigenvalue weighted by Crippen LogP contribution is 2.42. The molecule has 1 aliphatic rings. The fourth-order valence-corrected chi connectivity index (χ4v) is 2.30. The highest BCUT2D eigenvalue weighted by Gasteiger charge is 2.43. The van der Waals surface area contributed by atoms with Crippen LogP contribution in [0.3, 0.4) is 0 Å². The van der Waals surface area contributed by atoms with Crippen LogP contribution in [0.2, 0.25) is 0 Å². The summed E-state index contributed by atoms with van der Waals surface area (Å²) in [7, 11) is 3.21. The Labute approximate surface area is 107 Å². The third kappa shape index (κ3) is 2.42. The second-order valence-electron chi connectivity index (χ2n) is 4.78. The molecule has 0 saturated heterocycles. The molecule has 0 aromatic heterocycles. The number of hydrogen-bond donors (Lipinski definition) is 1. The molecule has 2 unspecified atom stereocenters. The first-order valence-corrected chi connectivity index (χ1v) is 6.01. The van der Waals surface area contributed by atoms with Crippen LogP contribution < -0.4 is 9.47 Å². The standard InChI is InChI=1S/C14H18O4/c1-8-4-12(17-2)13(18-3)7-9(8)5-10-6-11(10)14(15)16/h4,7,10-11H,5-6H2,1-3H3,(H,15,16). The Hall–Kier alpha value is -1.71. The second-order valence-corrected chi connectivity index (χ2v) is 4.78. The van der Waals surface area contributed by atoms with Gasteiger partial charge >= 0.3 is 5.97 Å². The predicted octanol–water partition coefficient (Wildman–Crippen LogP) is 2.28. The molecule has 2 rings (SSSR count). The van der Waals surface area contributed by atoms with E-state index in [-0.39, 0.29) is 11.8 Å². The smallest absolute Gasteiger partial charge is 0.306 e. The largest absolute Gasteiger partial charge is 0.493 e. The van der Waals surface area contributed by atoms with Crippen LogP contribution in [0.1, 0.15) is 17.5 Å². The van der Waals surface area contributed by atoms with Crippen molar-refractivity contribution in [2.24, 2.45) is 11.8 Å². The summed E-state index contributed by atoms with van der Waals surface area (Å²) in [5.74, 6) is 0.824. The van der Waals surface area contributed by atoms with E-state index >= 15 is 0 Å². The minimum Gasteiger partial charge on any atom is -0.493 e. The summed E-state index contributed by atoms with van der Waals surface area (Å²) in [6.45, 7) is 2.01. The number of rotatable bonds is 5. The van der Waals surface area contributed by atoms with Crippen LogP contribution in [-0.4, -0.2) is 25.3 Å². The number of aliphatic carboxylic acids is 1. The molecule has 1 saturated carbocycles. The first-order chi connectivity index (χ1) is 8.56. The fourth-order valence-electron chi connectivity index (χ4n) is 2.30. The molecule has 18 heavy (non-hydrogen) atoms. The number of carbonyl (C=O) groups is 1. The third-order valence-electron chi connectivity index (χ3n) is 3.56. The van der Waals surface area contributed by atoms with E-state index in [1.165, 1.54) is 0 Å². The zero-order valence-electron chi connectivity index (χ0n) is 10.9. The van der Waals surface area contributed by atoms with Gasteiger partial charge in [0.25, 0.3) is 0 Å². The summed E-state index contributed by atoms with van der Waals surface area (Å²) in [6, 6.07) is 3.89. The zero-order chi connectivity index (χ0) is 13.3. The lowest BCUT2D eigenvalue weighted by atomic mass is 10.0. The van der Waals surface area contributed by atoms with Gasteiger partial charge < -0.3 is 14.6 Å². The summed E-state index contributed by atoms with van der Waals surface area (Å²) < 4.78 is 10.5. The molecule has 1 aliphatic carbocycles. The van der Waals surface area contributed by atoms with E-state index in [9.17, 15) is 4.79 Å². The monoisotopic (exact) mass is 250 g/mol. The minimum atomic E-state index is -0.682. The molecule has 2 atom stereocenters. The van der Waals surface area contributed by atoms with E-state index in [4.69, 9.17) is 14.6 Å². The molecule has 0 radical (unpaired) electrons. The van der Waals surface area contributed by atoms with Gasteiger partial charge in [-0.15, -0.1) is 0 Å². The lowest BCUT2D eigenvalue weighted by Gasteiger charge is -2.12. The maximum absolute atomic E-state index is 10.8. The number of ether oxygens (including phenoxy) is 2. The van der Waals surface area contributed by atoms with E-state index in [2.05, 4.69) is 0 Å². The van der Waals surface area contributed by atoms with Crippen molar-refractivity contribution in [3.8, 4) is 11.5 Å². The molecule has 0 spiro atoms. The predicted molar refractivity (Wildman–Crippen MR) is 67.2 cm³/mol. The van der Waals surface area contributed by atoms with Gasteiger partial charge in [-0.05, 0) is 48.9 Å². The maximum Gasteiger partial charge on any atom is 0.306 e. The fraction of sp³-hybridized carbons (Fsp3) is 0.500. The molecule has 1 fully saturated rings. The van der Waals surface area contributed by atoms with E-state index < -0.39 is 5.97 Å². The maximum atomic E-state index is 10.8. The number of aryl methyl sites for hydroxylation is 1. The van der Waals surface area contributed by atoms with Crippen molar-refractivity contribution >= 4 is 5.97 Å². The Morgan fingerprint density at radius 3 is 2.44 bits per heavy atom. The Morgan fingerprint density at radius 1 is 1.33 bits per heavy atom. The number of hydrogen-bond acceptors (Lipinski definition) is 3. The van der Waals surface area contributed by atoms with Crippen LogP contribution in [-0.2, 0) is 11.2 Å². The van der Waals surface area contributed by atoms with Gasteiger partial charge in [0.05, 0.1) is 20.1 Å². The molecule has 1 aromatic rings. The van der Waals surface area contributed by atoms with Crippen molar-refractivity contribution in [1.82, 2.24) is 0 Å². The van der Waals surface area contributed by atoms with Crippen molar-refractivity contribution in [1.29, 1.82) is 0 Å². The quantitative estimate of drug-likeness (QED) is 0.871. The van der Waals surface area contributed by atoms with Gasteiger partial charge in [0.15, 0.2) is 11.5 Å². The van der Waals surface area contributed by atoms with Crippen LogP contribution in [0.25, 0.3) is 0 Å². The summed E-state index contributed by atoms with van der Waals surface area (Å²) in [4.78, 5) is 10.8. The van der Waals surface area contributed by atoms with Crippen molar-refractivity contribution < 1.29 is 19.4 Å². The normalized spacial score (nSPS) is 21.5. The summed E-state index contributed by atoms with van der Waals surface area (Å²) in [6.07, 6.45) is 1.58. The minimum absolute atomic E-state index is 0.169. The van der Waals surface area contributed by atoms with Crippen LogP contribution in [0, 0.1) is 18.8 Å². The van der Waals surface area contributed by atoms with E-state index in [0.717, 1.165) is 24.0 Å². The molecule has 0 bridgehead atoms. The van der Waals surface area contributed by atoms with Gasteiger partial charge in [0.2, 0.25) is 0 Å². The lowest BCUT2D eigenvalue weighted by molar-refractivity contribution is -0.138. The SMILES string of the molecule is COc1cc(C)c(CC2CC2C(=O)O)cc1OC. The van der Waals surface area contributed by atoms with Crippen LogP contribution in [0.4, 0.5) is 0 Å². The Kier molecular flexibility index (Phi) is 3.45. The molecular formula is C14H18O4. The van der Waals surface area contributed by atoms with Crippen LogP contribution >= 0.6 is 0 Å². The molecule has 4 heteroatoms. The van der Waals surface area contributed by atoms with Gasteiger partial charge in [0, 0.05) is 0 Å². The number of carboxylic acids is 1. The first-order valence-electron chi connectivity index (χ1n) is 6.01. The number of methoxy groups -OCH3 is 2. The average Bonchev–Trinajstić information content (AvgIpc) is 3.10. The first kappa shape index (κ1) is 12.7. The van der Waals surface area contributed by atoms with Crippen LogP contribution in [0.15, 0.2) is 12.1 Å². The van der Waals surface area contributed by atoms with Crippen molar-refractivity contribution in [2.45, 2.75) is 19.8 Å². The second kappa shape index (κ2) is 4.88. The molecule has 1 aromatic carbocycles. The molecule has 1 N–H and O–H groups in total. The summed E-state index contributed by atoms with van der Waals surface area (Å²) >= 11 is 0. The topological polar surface area (TPSA) is 55.8 Å². The van der Waals surface area contributed by atoms with Gasteiger partial charge in [-0.3, -0.25) is 4.79 Å². The van der Waals surface area contributed by atoms with E-state index in [1.807, 2.05) is 19.1 Å². The summed E-state index contributed by atoms with van der Waals surface area (Å²) in [5.41, 5.74) is 2.25. The zero-order valence-corrected chi connectivity index (χ0v) is 10.9. The highest BCUT2D eigenvalue weighted by atomic mass is 16.5. The highest BCUT2D eigenvalue weighted by molar-refractivity contribution is 5.73. The summed E-state index contributed by atoms with van der Waals surface area (Å²) in [5, 5.41) is 8.91. The van der Waals surface area contributed by atoms with Gasteiger partial charge in [-0.1, -0.05) is 0 Å². The number of benzene rings is 1. The average molecular weight is 250 g/mol. The lowest BCUT2D eigenvalue weighted by Crippen LogP contribution is -2.02. The van der Waals surface area contributed by atoms with E-state index in [1.54, 1.807) is 14.2 Å². The van der Waals surface area contributed by atoms with Gasteiger partial charge in [0.1, 0.15) is 0 Å². The van der Waals surface area contributed by atoms with E-state index in [0.29, 0.717) is 11.5 Å². The molecule has 0 heterocycles. The van der Waals surface area contributed by atoms with Crippen LogP contribution in [0.5, 0.6) is 11.5 Å². The van der Waals surface area contributed by atoms with Gasteiger partial charge in [-0.2, -0.15) is 0 Å². The molecule has 0 amide bonds. The van der Waals surface area contributed by atoms with Gasteiger partial charge in [-0.25, -0.2) is 0 Å². The molecular weight excluding hydrogens is 232 g/mol. The third-order valence-corrected chi connectivity index (χ3v) is 3.56. The van der Waals surface area contributed by atoms with Crippen molar-refractivity contribution in [3.63, 3.8) is 0 Å². The molecule has 0 aliphatic heterocycles. The Bertz CT molecular complexity index is 467. The Morgan fingerprint density at radius 2 is 1.94 bits per heavy atom. The Balaban J connectivity index is 2.16.